The Labute approximate surface area is 119 Å². The first-order valence-corrected chi connectivity index (χ1v) is 7.64. The van der Waals surface area contributed by atoms with E-state index < -0.39 is 0 Å². The lowest BCUT2D eigenvalue weighted by atomic mass is 9.81. The van der Waals surface area contributed by atoms with Crippen LogP contribution in [-0.4, -0.2) is 37.6 Å². The fourth-order valence-corrected chi connectivity index (χ4v) is 2.57. The molecule has 108 valence electrons. The van der Waals surface area contributed by atoms with Gasteiger partial charge in [-0.25, -0.2) is 0 Å². The monoisotopic (exact) mass is 262 g/mol. The Kier molecular flexibility index (Phi) is 7.11. The normalized spacial score (nSPS) is 14.6. The van der Waals surface area contributed by atoms with Crippen molar-refractivity contribution >= 4 is 0 Å². The molecule has 0 aliphatic heterocycles. The predicted octanol–water partition coefficient (Wildman–Crippen LogP) is 3.29. The zero-order valence-electron chi connectivity index (χ0n) is 13.1. The van der Waals surface area contributed by atoms with Gasteiger partial charge in [-0.3, -0.25) is 0 Å². The van der Waals surface area contributed by atoms with Gasteiger partial charge in [-0.05, 0) is 31.6 Å². The second-order valence-corrected chi connectivity index (χ2v) is 5.56. The number of hydrogen-bond donors (Lipinski definition) is 1. The van der Waals surface area contributed by atoms with Crippen molar-refractivity contribution in [1.29, 1.82) is 0 Å². The van der Waals surface area contributed by atoms with E-state index in [-0.39, 0.29) is 5.41 Å². The molecule has 0 amide bonds. The molecule has 19 heavy (non-hydrogen) atoms. The molecule has 0 saturated heterocycles. The van der Waals surface area contributed by atoms with Crippen LogP contribution >= 0.6 is 0 Å². The summed E-state index contributed by atoms with van der Waals surface area (Å²) in [4.78, 5) is 2.51. The molecule has 0 bridgehead atoms. The predicted molar refractivity (Wildman–Crippen MR) is 84.7 cm³/mol. The highest BCUT2D eigenvalue weighted by atomic mass is 15.1. The Morgan fingerprint density at radius 3 is 2.21 bits per heavy atom. The number of nitrogens with zero attached hydrogens (tertiary/aromatic N) is 1. The Morgan fingerprint density at radius 2 is 1.68 bits per heavy atom. The van der Waals surface area contributed by atoms with Crippen LogP contribution in [0.3, 0.4) is 0 Å². The Bertz CT molecular complexity index is 332. The van der Waals surface area contributed by atoms with E-state index in [9.17, 15) is 0 Å². The summed E-state index contributed by atoms with van der Waals surface area (Å²) in [6.07, 6.45) is 1.19. The van der Waals surface area contributed by atoms with Crippen molar-refractivity contribution < 1.29 is 0 Å². The summed E-state index contributed by atoms with van der Waals surface area (Å²) in [5.74, 6) is 0. The van der Waals surface area contributed by atoms with Crippen LogP contribution in [0, 0.1) is 0 Å². The largest absolute Gasteiger partial charge is 0.316 e. The second-order valence-electron chi connectivity index (χ2n) is 5.56. The van der Waals surface area contributed by atoms with E-state index in [1.807, 2.05) is 0 Å². The standard InChI is InChI=1S/C17H30N2/c1-5-13-18-14-17(4,15-19(6-2)7-3)16-11-9-8-10-12-16/h8-12,18H,5-7,13-15H2,1-4H3. The first kappa shape index (κ1) is 16.2. The minimum absolute atomic E-state index is 0.183. The van der Waals surface area contributed by atoms with E-state index in [1.54, 1.807) is 0 Å². The van der Waals surface area contributed by atoms with Gasteiger partial charge in [0.1, 0.15) is 0 Å². The van der Waals surface area contributed by atoms with E-state index in [4.69, 9.17) is 0 Å². The van der Waals surface area contributed by atoms with E-state index >= 15 is 0 Å². The van der Waals surface area contributed by atoms with Gasteiger partial charge in [0, 0.05) is 18.5 Å². The number of rotatable bonds is 9. The maximum Gasteiger partial charge on any atom is 0.0177 e. The van der Waals surface area contributed by atoms with Crippen molar-refractivity contribution in [1.82, 2.24) is 10.2 Å². The third-order valence-corrected chi connectivity index (χ3v) is 3.88. The average molecular weight is 262 g/mol. The molecular weight excluding hydrogens is 232 g/mol. The van der Waals surface area contributed by atoms with Gasteiger partial charge < -0.3 is 10.2 Å². The summed E-state index contributed by atoms with van der Waals surface area (Å²) >= 11 is 0. The zero-order chi connectivity index (χ0) is 14.1. The van der Waals surface area contributed by atoms with Crippen molar-refractivity contribution in [2.45, 2.75) is 39.5 Å². The van der Waals surface area contributed by atoms with Crippen molar-refractivity contribution in [3.63, 3.8) is 0 Å². The summed E-state index contributed by atoms with van der Waals surface area (Å²) in [5.41, 5.74) is 1.62. The quantitative estimate of drug-likeness (QED) is 0.687. The van der Waals surface area contributed by atoms with Crippen molar-refractivity contribution in [2.75, 3.05) is 32.7 Å². The van der Waals surface area contributed by atoms with Gasteiger partial charge in [-0.2, -0.15) is 0 Å². The minimum atomic E-state index is 0.183. The molecule has 1 aromatic carbocycles. The molecule has 0 spiro atoms. The van der Waals surface area contributed by atoms with Crippen LogP contribution < -0.4 is 5.32 Å². The van der Waals surface area contributed by atoms with Gasteiger partial charge in [0.25, 0.3) is 0 Å². The van der Waals surface area contributed by atoms with Crippen molar-refractivity contribution in [2.24, 2.45) is 0 Å². The molecule has 0 aliphatic rings. The molecule has 0 heterocycles. The summed E-state index contributed by atoms with van der Waals surface area (Å²) < 4.78 is 0. The Balaban J connectivity index is 2.83. The summed E-state index contributed by atoms with van der Waals surface area (Å²) in [7, 11) is 0. The van der Waals surface area contributed by atoms with Gasteiger partial charge in [0.15, 0.2) is 0 Å². The van der Waals surface area contributed by atoms with Crippen molar-refractivity contribution in [3.05, 3.63) is 35.9 Å². The molecule has 2 heteroatoms. The summed E-state index contributed by atoms with van der Waals surface area (Å²) in [6.45, 7) is 14.6. The molecule has 0 aromatic heterocycles. The lowest BCUT2D eigenvalue weighted by molar-refractivity contribution is 0.229. The van der Waals surface area contributed by atoms with Crippen LogP contribution in [0.15, 0.2) is 30.3 Å². The topological polar surface area (TPSA) is 15.3 Å². The molecule has 1 aromatic rings. The van der Waals surface area contributed by atoms with Crippen LogP contribution in [0.4, 0.5) is 0 Å². The van der Waals surface area contributed by atoms with Crippen LogP contribution in [0.2, 0.25) is 0 Å². The molecule has 0 radical (unpaired) electrons. The van der Waals surface area contributed by atoms with E-state index in [0.29, 0.717) is 0 Å². The minimum Gasteiger partial charge on any atom is -0.316 e. The SMILES string of the molecule is CCCNCC(C)(CN(CC)CC)c1ccccc1. The molecule has 0 aliphatic carbocycles. The lowest BCUT2D eigenvalue weighted by Gasteiger charge is -2.35. The molecule has 2 nitrogen and oxygen atoms in total. The average Bonchev–Trinajstić information content (AvgIpc) is 2.46. The van der Waals surface area contributed by atoms with E-state index in [0.717, 1.165) is 32.7 Å². The molecule has 1 rings (SSSR count). The summed E-state index contributed by atoms with van der Waals surface area (Å²) in [5, 5.41) is 3.60. The van der Waals surface area contributed by atoms with Crippen LogP contribution in [0.5, 0.6) is 0 Å². The molecule has 1 unspecified atom stereocenters. The van der Waals surface area contributed by atoms with Gasteiger partial charge in [-0.15, -0.1) is 0 Å². The molecule has 1 N–H and O–H groups in total. The van der Waals surface area contributed by atoms with Crippen LogP contribution in [0.25, 0.3) is 0 Å². The first-order valence-electron chi connectivity index (χ1n) is 7.64. The fourth-order valence-electron chi connectivity index (χ4n) is 2.57. The third kappa shape index (κ3) is 4.96. The van der Waals surface area contributed by atoms with E-state index in [2.05, 4.69) is 68.2 Å². The third-order valence-electron chi connectivity index (χ3n) is 3.88. The number of nitrogens with one attached hydrogen (secondary N) is 1. The molecule has 0 saturated carbocycles. The van der Waals surface area contributed by atoms with Crippen LogP contribution in [0.1, 0.15) is 39.7 Å². The Morgan fingerprint density at radius 1 is 1.05 bits per heavy atom. The van der Waals surface area contributed by atoms with Gasteiger partial charge >= 0.3 is 0 Å². The van der Waals surface area contributed by atoms with Crippen molar-refractivity contribution in [3.8, 4) is 0 Å². The Hall–Kier alpha value is -0.860. The molecular formula is C17H30N2. The number of benzene rings is 1. The highest BCUT2D eigenvalue weighted by Gasteiger charge is 2.27. The smallest absolute Gasteiger partial charge is 0.0177 e. The molecule has 1 atom stereocenters. The van der Waals surface area contributed by atoms with Crippen LogP contribution in [-0.2, 0) is 5.41 Å². The lowest BCUT2D eigenvalue weighted by Crippen LogP contribution is -2.45. The highest BCUT2D eigenvalue weighted by molar-refractivity contribution is 5.25. The number of hydrogen-bond acceptors (Lipinski definition) is 2. The van der Waals surface area contributed by atoms with Gasteiger partial charge in [0.05, 0.1) is 0 Å². The van der Waals surface area contributed by atoms with Gasteiger partial charge in [0.2, 0.25) is 0 Å². The maximum atomic E-state index is 3.60. The first-order chi connectivity index (χ1) is 9.16. The van der Waals surface area contributed by atoms with Gasteiger partial charge in [-0.1, -0.05) is 58.0 Å². The molecule has 0 fully saturated rings. The highest BCUT2D eigenvalue weighted by Crippen LogP contribution is 2.24. The maximum absolute atomic E-state index is 3.60. The zero-order valence-corrected chi connectivity index (χ0v) is 13.1. The fraction of sp³-hybridized carbons (Fsp3) is 0.647. The number of likely N-dealkylation sites (N-methyl/N-ethyl adjacent to an activating group) is 1. The second kappa shape index (κ2) is 8.34. The van der Waals surface area contributed by atoms with E-state index in [1.165, 1.54) is 12.0 Å². The summed E-state index contributed by atoms with van der Waals surface area (Å²) in [6, 6.07) is 10.9.